The lowest BCUT2D eigenvalue weighted by Gasteiger charge is -2.26. The number of aromatic hydroxyl groups is 1. The predicted octanol–water partition coefficient (Wildman–Crippen LogP) is 1.84. The number of carbonyl (C=O) groups is 3. The van der Waals surface area contributed by atoms with Gasteiger partial charge in [0.2, 0.25) is 11.8 Å². The number of cyclic esters (lactones) is 1. The number of ether oxygens (including phenoxy) is 1. The second-order valence-electron chi connectivity index (χ2n) is 6.96. The highest BCUT2D eigenvalue weighted by Gasteiger charge is 2.42. The van der Waals surface area contributed by atoms with Crippen LogP contribution in [-0.2, 0) is 25.5 Å². The van der Waals surface area contributed by atoms with Crippen molar-refractivity contribution in [2.45, 2.75) is 23.8 Å². The number of thiol groups is 1. The highest BCUT2D eigenvalue weighted by molar-refractivity contribution is 7.80. The van der Waals surface area contributed by atoms with E-state index in [1.54, 1.807) is 48.5 Å². The zero-order valence-corrected chi connectivity index (χ0v) is 16.5. The van der Waals surface area contributed by atoms with E-state index in [1.807, 2.05) is 0 Å². The van der Waals surface area contributed by atoms with Gasteiger partial charge in [-0.3, -0.25) is 14.4 Å². The quantitative estimate of drug-likeness (QED) is 0.473. The third kappa shape index (κ3) is 5.29. The van der Waals surface area contributed by atoms with Crippen molar-refractivity contribution in [1.29, 1.82) is 0 Å². The average molecular weight is 414 g/mol. The zero-order chi connectivity index (χ0) is 21.0. The average Bonchev–Trinajstić information content (AvgIpc) is 3.08. The number of hydrogen-bond acceptors (Lipinski definition) is 6. The van der Waals surface area contributed by atoms with Gasteiger partial charge in [-0.1, -0.05) is 24.3 Å². The fourth-order valence-corrected chi connectivity index (χ4v) is 3.51. The molecule has 1 saturated heterocycles. The lowest BCUT2D eigenvalue weighted by Crippen LogP contribution is -2.43. The molecule has 0 spiro atoms. The van der Waals surface area contributed by atoms with E-state index in [2.05, 4.69) is 12.6 Å². The fourth-order valence-electron chi connectivity index (χ4n) is 3.36. The van der Waals surface area contributed by atoms with Crippen LogP contribution in [0.5, 0.6) is 5.75 Å². The van der Waals surface area contributed by atoms with Crippen molar-refractivity contribution in [1.82, 2.24) is 4.90 Å². The normalized spacial score (nSPS) is 18.3. The molecule has 0 bridgehead atoms. The van der Waals surface area contributed by atoms with E-state index in [0.717, 1.165) is 10.5 Å². The first-order chi connectivity index (χ1) is 13.8. The van der Waals surface area contributed by atoms with Crippen LogP contribution in [-0.4, -0.2) is 40.9 Å². The van der Waals surface area contributed by atoms with Gasteiger partial charge in [-0.25, -0.2) is 0 Å². The number of hydrogen-bond donors (Lipinski definition) is 3. The Kier molecular flexibility index (Phi) is 6.43. The van der Waals surface area contributed by atoms with Gasteiger partial charge in [0.15, 0.2) is 0 Å². The maximum atomic E-state index is 13.2. The molecule has 0 aromatic heterocycles. The molecule has 29 heavy (non-hydrogen) atoms. The Hall–Kier alpha value is -3.00. The minimum Gasteiger partial charge on any atom is -0.508 e. The van der Waals surface area contributed by atoms with E-state index in [9.17, 15) is 19.5 Å². The molecule has 1 heterocycles. The molecule has 152 valence electrons. The number of nitrogens with two attached hydrogens (primary N) is 1. The van der Waals surface area contributed by atoms with E-state index in [0.29, 0.717) is 12.0 Å². The smallest absolute Gasteiger partial charge is 0.307 e. The molecule has 0 aliphatic carbocycles. The molecular weight excluding hydrogens is 392 g/mol. The van der Waals surface area contributed by atoms with Gasteiger partial charge in [-0.05, 0) is 41.8 Å². The molecule has 3 rings (SSSR count). The minimum atomic E-state index is -0.729. The highest BCUT2D eigenvalue weighted by Crippen LogP contribution is 2.37. The summed E-state index contributed by atoms with van der Waals surface area (Å²) in [5.41, 5.74) is 6.93. The summed E-state index contributed by atoms with van der Waals surface area (Å²) in [6.07, 6.45) is -0.298. The molecule has 2 atom stereocenters. The first-order valence-electron chi connectivity index (χ1n) is 9.17. The van der Waals surface area contributed by atoms with E-state index in [1.165, 1.54) is 4.90 Å². The number of phenolic OH excluding ortho intramolecular Hbond substituents is 1. The van der Waals surface area contributed by atoms with Crippen LogP contribution in [0.1, 0.15) is 23.7 Å². The van der Waals surface area contributed by atoms with Crippen LogP contribution in [0.25, 0.3) is 0 Å². The first kappa shape index (κ1) is 20.7. The van der Waals surface area contributed by atoms with Crippen LogP contribution in [0.3, 0.4) is 0 Å². The Bertz CT molecular complexity index is 898. The van der Waals surface area contributed by atoms with Gasteiger partial charge in [0.05, 0.1) is 18.9 Å². The standard InChI is InChI=1S/C21H22N2O5S/c22-18(25)12-23(10-9-13-1-5-15(24)6-2-13)21(27)17-11-19(26)28-20(17)14-3-7-16(29)8-4-14/h1-8,17,20,24,29H,9-12H2,(H2,22,25)/t17-,20?/m0/s1. The lowest BCUT2D eigenvalue weighted by atomic mass is 9.93. The highest BCUT2D eigenvalue weighted by atomic mass is 32.1. The summed E-state index contributed by atoms with van der Waals surface area (Å²) in [4.78, 5) is 38.8. The van der Waals surface area contributed by atoms with E-state index in [-0.39, 0.29) is 31.2 Å². The van der Waals surface area contributed by atoms with Crippen LogP contribution in [0.4, 0.5) is 0 Å². The van der Waals surface area contributed by atoms with Gasteiger partial charge in [0.25, 0.3) is 0 Å². The number of phenols is 1. The van der Waals surface area contributed by atoms with Crippen molar-refractivity contribution in [2.75, 3.05) is 13.1 Å². The monoisotopic (exact) mass is 414 g/mol. The second kappa shape index (κ2) is 9.00. The molecule has 1 unspecified atom stereocenters. The van der Waals surface area contributed by atoms with E-state index in [4.69, 9.17) is 10.5 Å². The van der Waals surface area contributed by atoms with E-state index < -0.39 is 23.9 Å². The molecule has 1 aliphatic heterocycles. The molecule has 1 fully saturated rings. The molecule has 8 heteroatoms. The summed E-state index contributed by atoms with van der Waals surface area (Å²) in [7, 11) is 0. The number of amides is 2. The number of benzene rings is 2. The SMILES string of the molecule is NC(=O)CN(CCc1ccc(O)cc1)C(=O)[C@H]1CC(=O)OC1c1ccc(S)cc1. The minimum absolute atomic E-state index is 0.0550. The van der Waals surface area contributed by atoms with E-state index >= 15 is 0 Å². The number of esters is 1. The third-order valence-corrected chi connectivity index (χ3v) is 5.11. The summed E-state index contributed by atoms with van der Waals surface area (Å²) in [6.45, 7) is 0.00341. The molecule has 1 aliphatic rings. The Balaban J connectivity index is 1.77. The van der Waals surface area contributed by atoms with Gasteiger partial charge in [-0.2, -0.15) is 0 Å². The van der Waals surface area contributed by atoms with Crippen molar-refractivity contribution in [3.8, 4) is 5.75 Å². The maximum absolute atomic E-state index is 13.2. The summed E-state index contributed by atoms with van der Waals surface area (Å²) in [5, 5.41) is 9.39. The molecule has 2 amide bonds. The van der Waals surface area contributed by atoms with Gasteiger partial charge < -0.3 is 20.5 Å². The van der Waals surface area contributed by atoms with Crippen molar-refractivity contribution < 1.29 is 24.2 Å². The summed E-state index contributed by atoms with van der Waals surface area (Å²) < 4.78 is 5.40. The molecule has 2 aromatic carbocycles. The summed E-state index contributed by atoms with van der Waals surface area (Å²) in [6, 6.07) is 13.6. The van der Waals surface area contributed by atoms with Gasteiger partial charge in [0, 0.05) is 11.4 Å². The molecular formula is C21H22N2O5S. The second-order valence-corrected chi connectivity index (χ2v) is 7.47. The predicted molar refractivity (Wildman–Crippen MR) is 108 cm³/mol. The van der Waals surface area contributed by atoms with Gasteiger partial charge >= 0.3 is 5.97 Å². The molecule has 0 saturated carbocycles. The Morgan fingerprint density at radius 2 is 1.79 bits per heavy atom. The molecule has 3 N–H and O–H groups in total. The Morgan fingerprint density at radius 1 is 1.14 bits per heavy atom. The van der Waals surface area contributed by atoms with Crippen molar-refractivity contribution in [2.24, 2.45) is 11.7 Å². The van der Waals surface area contributed by atoms with Crippen LogP contribution >= 0.6 is 12.6 Å². The van der Waals surface area contributed by atoms with Crippen molar-refractivity contribution >= 4 is 30.4 Å². The van der Waals surface area contributed by atoms with Crippen LogP contribution in [0, 0.1) is 5.92 Å². The van der Waals surface area contributed by atoms with Crippen LogP contribution in [0.15, 0.2) is 53.4 Å². The lowest BCUT2D eigenvalue weighted by molar-refractivity contribution is -0.143. The maximum Gasteiger partial charge on any atom is 0.307 e. The Labute approximate surface area is 173 Å². The van der Waals surface area contributed by atoms with Crippen LogP contribution < -0.4 is 5.73 Å². The summed E-state index contributed by atoms with van der Waals surface area (Å²) in [5.74, 6) is -2.03. The number of rotatable bonds is 7. The summed E-state index contributed by atoms with van der Waals surface area (Å²) >= 11 is 4.24. The third-order valence-electron chi connectivity index (χ3n) is 4.81. The molecule has 7 nitrogen and oxygen atoms in total. The van der Waals surface area contributed by atoms with Gasteiger partial charge in [-0.15, -0.1) is 12.6 Å². The topological polar surface area (TPSA) is 110 Å². The number of primary amides is 1. The largest absolute Gasteiger partial charge is 0.508 e. The van der Waals surface area contributed by atoms with Crippen LogP contribution in [0.2, 0.25) is 0 Å². The molecule has 0 radical (unpaired) electrons. The van der Waals surface area contributed by atoms with Crippen molar-refractivity contribution in [3.63, 3.8) is 0 Å². The van der Waals surface area contributed by atoms with Gasteiger partial charge in [0.1, 0.15) is 11.9 Å². The molecule has 2 aromatic rings. The number of nitrogens with zero attached hydrogens (tertiary/aromatic N) is 1. The first-order valence-corrected chi connectivity index (χ1v) is 9.61. The zero-order valence-electron chi connectivity index (χ0n) is 15.7. The Morgan fingerprint density at radius 3 is 2.41 bits per heavy atom. The van der Waals surface area contributed by atoms with Crippen molar-refractivity contribution in [3.05, 3.63) is 59.7 Å². The fraction of sp³-hybridized carbons (Fsp3) is 0.286. The number of carbonyl (C=O) groups excluding carboxylic acids is 3.